The highest BCUT2D eigenvalue weighted by Gasteiger charge is 2.13. The molecule has 14 heavy (non-hydrogen) atoms. The zero-order valence-electron chi connectivity index (χ0n) is 8.75. The van der Waals surface area contributed by atoms with Gasteiger partial charge in [0.05, 0.1) is 13.2 Å². The van der Waals surface area contributed by atoms with Crippen LogP contribution in [0.1, 0.15) is 26.2 Å². The number of carbonyl (C=O) groups is 1. The monoisotopic (exact) mass is 201 g/mol. The highest BCUT2D eigenvalue weighted by atomic mass is 16.6. The summed E-state index contributed by atoms with van der Waals surface area (Å²) in [5.41, 5.74) is 0. The van der Waals surface area contributed by atoms with Crippen molar-refractivity contribution < 1.29 is 14.3 Å². The molecular formula is C10H19NO3. The molecule has 0 aromatic carbocycles. The Labute approximate surface area is 85.0 Å². The lowest BCUT2D eigenvalue weighted by atomic mass is 10.1. The fourth-order valence-corrected chi connectivity index (χ4v) is 1.55. The predicted molar refractivity (Wildman–Crippen MR) is 53.1 cm³/mol. The highest BCUT2D eigenvalue weighted by Crippen LogP contribution is 2.06. The van der Waals surface area contributed by atoms with Crippen molar-refractivity contribution in [3.63, 3.8) is 0 Å². The number of hydrogen-bond donors (Lipinski definition) is 1. The third-order valence-electron chi connectivity index (χ3n) is 2.26. The SMILES string of the molecule is CCOC(=O)COCC1CCCCN1. The number of nitrogens with one attached hydrogen (secondary N) is 1. The molecule has 1 atom stereocenters. The zero-order valence-corrected chi connectivity index (χ0v) is 8.75. The van der Waals surface area contributed by atoms with Crippen molar-refractivity contribution in [2.24, 2.45) is 0 Å². The van der Waals surface area contributed by atoms with Crippen LogP contribution >= 0.6 is 0 Å². The average Bonchev–Trinajstić information content (AvgIpc) is 2.20. The Balaban J connectivity index is 1.99. The molecule has 1 heterocycles. The minimum atomic E-state index is -0.275. The Morgan fingerprint density at radius 3 is 3.00 bits per heavy atom. The number of rotatable bonds is 5. The van der Waals surface area contributed by atoms with Crippen LogP contribution in [0.5, 0.6) is 0 Å². The van der Waals surface area contributed by atoms with E-state index in [1.165, 1.54) is 12.8 Å². The summed E-state index contributed by atoms with van der Waals surface area (Å²) in [7, 11) is 0. The maximum atomic E-state index is 10.9. The number of carbonyl (C=O) groups excluding carboxylic acids is 1. The summed E-state index contributed by atoms with van der Waals surface area (Å²) in [6, 6.07) is 0.415. The number of hydrogen-bond acceptors (Lipinski definition) is 4. The topological polar surface area (TPSA) is 47.6 Å². The highest BCUT2D eigenvalue weighted by molar-refractivity contribution is 5.70. The van der Waals surface area contributed by atoms with Gasteiger partial charge in [-0.25, -0.2) is 4.79 Å². The normalized spacial score (nSPS) is 21.9. The first-order chi connectivity index (χ1) is 6.83. The minimum Gasteiger partial charge on any atom is -0.464 e. The van der Waals surface area contributed by atoms with E-state index in [0.717, 1.165) is 13.0 Å². The molecule has 1 saturated heterocycles. The first-order valence-electron chi connectivity index (χ1n) is 5.29. The minimum absolute atomic E-state index is 0.0754. The van der Waals surface area contributed by atoms with E-state index >= 15 is 0 Å². The second-order valence-corrected chi connectivity index (χ2v) is 3.47. The van der Waals surface area contributed by atoms with E-state index in [1.807, 2.05) is 0 Å². The van der Waals surface area contributed by atoms with Crippen molar-refractivity contribution in [1.29, 1.82) is 0 Å². The molecule has 0 saturated carbocycles. The Hall–Kier alpha value is -0.610. The summed E-state index contributed by atoms with van der Waals surface area (Å²) < 4.78 is 10.00. The summed E-state index contributed by atoms with van der Waals surface area (Å²) >= 11 is 0. The van der Waals surface area contributed by atoms with E-state index < -0.39 is 0 Å². The molecule has 1 aliphatic heterocycles. The van der Waals surface area contributed by atoms with Gasteiger partial charge in [0.1, 0.15) is 6.61 Å². The lowest BCUT2D eigenvalue weighted by molar-refractivity contribution is -0.148. The van der Waals surface area contributed by atoms with Crippen molar-refractivity contribution in [1.82, 2.24) is 5.32 Å². The third kappa shape index (κ3) is 4.58. The van der Waals surface area contributed by atoms with Crippen molar-refractivity contribution in [2.75, 3.05) is 26.4 Å². The Kier molecular flexibility index (Phi) is 5.56. The van der Waals surface area contributed by atoms with Gasteiger partial charge in [0, 0.05) is 6.04 Å². The lowest BCUT2D eigenvalue weighted by Gasteiger charge is -2.22. The van der Waals surface area contributed by atoms with E-state index in [4.69, 9.17) is 9.47 Å². The fourth-order valence-electron chi connectivity index (χ4n) is 1.55. The third-order valence-corrected chi connectivity index (χ3v) is 2.26. The molecule has 0 aromatic rings. The Bertz CT molecular complexity index is 167. The van der Waals surface area contributed by atoms with Crippen LogP contribution in [0.2, 0.25) is 0 Å². The molecule has 82 valence electrons. The molecule has 4 nitrogen and oxygen atoms in total. The smallest absolute Gasteiger partial charge is 0.332 e. The second-order valence-electron chi connectivity index (χ2n) is 3.47. The lowest BCUT2D eigenvalue weighted by Crippen LogP contribution is -2.38. The van der Waals surface area contributed by atoms with Gasteiger partial charge >= 0.3 is 5.97 Å². The molecule has 1 rings (SSSR count). The molecule has 0 bridgehead atoms. The van der Waals surface area contributed by atoms with Crippen molar-refractivity contribution in [3.8, 4) is 0 Å². The van der Waals surface area contributed by atoms with Gasteiger partial charge in [-0.3, -0.25) is 0 Å². The largest absolute Gasteiger partial charge is 0.464 e. The molecule has 0 amide bonds. The van der Waals surface area contributed by atoms with Crippen LogP contribution in [0.25, 0.3) is 0 Å². The van der Waals surface area contributed by atoms with Crippen LogP contribution in [-0.4, -0.2) is 38.4 Å². The maximum absolute atomic E-state index is 10.9. The first kappa shape index (κ1) is 11.5. The first-order valence-corrected chi connectivity index (χ1v) is 5.29. The van der Waals surface area contributed by atoms with Gasteiger partial charge < -0.3 is 14.8 Å². The number of piperidine rings is 1. The molecule has 1 unspecified atom stereocenters. The van der Waals surface area contributed by atoms with Crippen LogP contribution in [0.15, 0.2) is 0 Å². The molecular weight excluding hydrogens is 182 g/mol. The second kappa shape index (κ2) is 6.79. The van der Waals surface area contributed by atoms with Gasteiger partial charge in [-0.2, -0.15) is 0 Å². The summed E-state index contributed by atoms with van der Waals surface area (Å²) in [6.45, 7) is 3.96. The van der Waals surface area contributed by atoms with Gasteiger partial charge in [0.25, 0.3) is 0 Å². The molecule has 4 heteroatoms. The van der Waals surface area contributed by atoms with E-state index in [-0.39, 0.29) is 12.6 Å². The fraction of sp³-hybridized carbons (Fsp3) is 0.900. The van der Waals surface area contributed by atoms with E-state index in [9.17, 15) is 4.79 Å². The summed E-state index contributed by atoms with van der Waals surface area (Å²) in [5, 5.41) is 3.35. The molecule has 0 spiro atoms. The van der Waals surface area contributed by atoms with Gasteiger partial charge in [-0.1, -0.05) is 6.42 Å². The molecule has 1 N–H and O–H groups in total. The number of esters is 1. The number of ether oxygens (including phenoxy) is 2. The van der Waals surface area contributed by atoms with Gasteiger partial charge in [0.15, 0.2) is 0 Å². The van der Waals surface area contributed by atoms with Crippen LogP contribution < -0.4 is 5.32 Å². The van der Waals surface area contributed by atoms with Gasteiger partial charge in [-0.05, 0) is 26.3 Å². The van der Waals surface area contributed by atoms with E-state index in [2.05, 4.69) is 5.32 Å². The predicted octanol–water partition coefficient (Wildman–Crippen LogP) is 0.708. The van der Waals surface area contributed by atoms with Gasteiger partial charge in [-0.15, -0.1) is 0 Å². The standard InChI is InChI=1S/C10H19NO3/c1-2-14-10(12)8-13-7-9-5-3-4-6-11-9/h9,11H,2-8H2,1H3. The molecule has 0 aliphatic carbocycles. The van der Waals surface area contributed by atoms with Crippen molar-refractivity contribution in [3.05, 3.63) is 0 Å². The Morgan fingerprint density at radius 2 is 2.36 bits per heavy atom. The molecule has 1 fully saturated rings. The van der Waals surface area contributed by atoms with Crippen molar-refractivity contribution in [2.45, 2.75) is 32.2 Å². The molecule has 0 aromatic heterocycles. The Morgan fingerprint density at radius 1 is 1.50 bits per heavy atom. The zero-order chi connectivity index (χ0) is 10.2. The molecule has 1 aliphatic rings. The van der Waals surface area contributed by atoms with Crippen LogP contribution in [-0.2, 0) is 14.3 Å². The quantitative estimate of drug-likeness (QED) is 0.665. The van der Waals surface area contributed by atoms with Gasteiger partial charge in [0.2, 0.25) is 0 Å². The molecule has 0 radical (unpaired) electrons. The summed E-state index contributed by atoms with van der Waals surface area (Å²) in [6.07, 6.45) is 3.64. The van der Waals surface area contributed by atoms with E-state index in [0.29, 0.717) is 19.3 Å². The summed E-state index contributed by atoms with van der Waals surface area (Å²) in [4.78, 5) is 10.9. The van der Waals surface area contributed by atoms with Crippen LogP contribution in [0.4, 0.5) is 0 Å². The average molecular weight is 201 g/mol. The maximum Gasteiger partial charge on any atom is 0.332 e. The van der Waals surface area contributed by atoms with E-state index in [1.54, 1.807) is 6.92 Å². The van der Waals surface area contributed by atoms with Crippen molar-refractivity contribution >= 4 is 5.97 Å². The van der Waals surface area contributed by atoms with Crippen LogP contribution in [0.3, 0.4) is 0 Å². The summed E-state index contributed by atoms with van der Waals surface area (Å²) in [5.74, 6) is -0.275. The van der Waals surface area contributed by atoms with Crippen LogP contribution in [0, 0.1) is 0 Å².